The molecule has 0 saturated heterocycles. The van der Waals surface area contributed by atoms with Crippen LogP contribution in [0.5, 0.6) is 5.75 Å². The SMILES string of the molecule is CC1=CC(C)(C)N(C)c2ccc(/C=N\NC(=O)c3ccc(O)cc3)cc21. The summed E-state index contributed by atoms with van der Waals surface area (Å²) >= 11 is 0. The molecule has 5 nitrogen and oxygen atoms in total. The number of hydrazone groups is 1. The Bertz CT molecular complexity index is 896. The summed E-state index contributed by atoms with van der Waals surface area (Å²) in [5, 5.41) is 13.3. The van der Waals surface area contributed by atoms with Crippen LogP contribution in [0.25, 0.3) is 5.57 Å². The van der Waals surface area contributed by atoms with Gasteiger partial charge in [0.2, 0.25) is 0 Å². The molecule has 2 aromatic carbocycles. The number of fused-ring (bicyclic) bond motifs is 1. The first kappa shape index (κ1) is 17.7. The molecule has 0 atom stereocenters. The van der Waals surface area contributed by atoms with Crippen molar-refractivity contribution in [2.24, 2.45) is 5.10 Å². The summed E-state index contributed by atoms with van der Waals surface area (Å²) < 4.78 is 0. The van der Waals surface area contributed by atoms with Crippen molar-refractivity contribution in [2.75, 3.05) is 11.9 Å². The number of hydrogen-bond donors (Lipinski definition) is 2. The average molecular weight is 349 g/mol. The number of benzene rings is 2. The normalized spacial score (nSPS) is 15.5. The molecule has 2 aromatic rings. The molecule has 0 aliphatic carbocycles. The van der Waals surface area contributed by atoms with Gasteiger partial charge < -0.3 is 10.0 Å². The lowest BCUT2D eigenvalue weighted by Gasteiger charge is -2.40. The zero-order chi connectivity index (χ0) is 18.9. The van der Waals surface area contributed by atoms with Crippen LogP contribution in [0.2, 0.25) is 0 Å². The lowest BCUT2D eigenvalue weighted by Crippen LogP contribution is -2.42. The van der Waals surface area contributed by atoms with Crippen molar-refractivity contribution in [1.82, 2.24) is 5.43 Å². The standard InChI is InChI=1S/C21H23N3O2/c1-14-12-21(2,3)24(4)19-10-5-15(11-18(14)19)13-22-23-20(26)16-6-8-17(25)9-7-16/h5-13,25H,1-4H3,(H,23,26)/b22-13-. The van der Waals surface area contributed by atoms with E-state index in [1.165, 1.54) is 29.0 Å². The van der Waals surface area contributed by atoms with Crippen molar-refractivity contribution < 1.29 is 9.90 Å². The van der Waals surface area contributed by atoms with Gasteiger partial charge in [-0.3, -0.25) is 4.79 Å². The fourth-order valence-electron chi connectivity index (χ4n) is 3.10. The molecule has 0 radical (unpaired) electrons. The van der Waals surface area contributed by atoms with E-state index in [1.807, 2.05) is 6.07 Å². The first-order valence-electron chi connectivity index (χ1n) is 8.48. The van der Waals surface area contributed by atoms with Crippen LogP contribution in [0.3, 0.4) is 0 Å². The van der Waals surface area contributed by atoms with Crippen LogP contribution in [0.1, 0.15) is 42.3 Å². The Kier molecular flexibility index (Phi) is 4.55. The number of likely N-dealkylation sites (N-methyl/N-ethyl adjacent to an activating group) is 1. The van der Waals surface area contributed by atoms with Crippen LogP contribution in [-0.2, 0) is 0 Å². The molecule has 26 heavy (non-hydrogen) atoms. The quantitative estimate of drug-likeness (QED) is 0.654. The Morgan fingerprint density at radius 2 is 1.88 bits per heavy atom. The van der Waals surface area contributed by atoms with E-state index in [2.05, 4.69) is 61.5 Å². The van der Waals surface area contributed by atoms with Gasteiger partial charge in [0.1, 0.15) is 5.75 Å². The highest BCUT2D eigenvalue weighted by Crippen LogP contribution is 2.37. The van der Waals surface area contributed by atoms with E-state index in [9.17, 15) is 9.90 Å². The van der Waals surface area contributed by atoms with E-state index in [0.717, 1.165) is 5.56 Å². The maximum Gasteiger partial charge on any atom is 0.271 e. The van der Waals surface area contributed by atoms with E-state index in [0.29, 0.717) is 5.56 Å². The Hall–Kier alpha value is -3.08. The molecular weight excluding hydrogens is 326 g/mol. The minimum absolute atomic E-state index is 0.0230. The summed E-state index contributed by atoms with van der Waals surface area (Å²) in [5.74, 6) is -0.201. The predicted molar refractivity (Wildman–Crippen MR) is 106 cm³/mol. The summed E-state index contributed by atoms with van der Waals surface area (Å²) in [5.41, 5.74) is 7.41. The molecule has 0 fully saturated rings. The molecule has 1 aliphatic rings. The minimum Gasteiger partial charge on any atom is -0.508 e. The average Bonchev–Trinajstić information content (AvgIpc) is 2.60. The summed E-state index contributed by atoms with van der Waals surface area (Å²) in [6.07, 6.45) is 3.88. The maximum absolute atomic E-state index is 12.0. The Morgan fingerprint density at radius 1 is 1.19 bits per heavy atom. The van der Waals surface area contributed by atoms with Crippen molar-refractivity contribution in [1.29, 1.82) is 0 Å². The van der Waals surface area contributed by atoms with E-state index >= 15 is 0 Å². The van der Waals surface area contributed by atoms with Crippen molar-refractivity contribution >= 4 is 23.4 Å². The summed E-state index contributed by atoms with van der Waals surface area (Å²) in [4.78, 5) is 14.3. The lowest BCUT2D eigenvalue weighted by atomic mass is 9.89. The molecule has 3 rings (SSSR count). The number of carbonyl (C=O) groups is 1. The fourth-order valence-corrected chi connectivity index (χ4v) is 3.10. The van der Waals surface area contributed by atoms with Gasteiger partial charge in [0.05, 0.1) is 11.8 Å². The smallest absolute Gasteiger partial charge is 0.271 e. The Morgan fingerprint density at radius 3 is 2.58 bits per heavy atom. The molecule has 0 saturated carbocycles. The predicted octanol–water partition coefficient (Wildman–Crippen LogP) is 3.79. The first-order valence-corrected chi connectivity index (χ1v) is 8.48. The Balaban J connectivity index is 1.75. The largest absolute Gasteiger partial charge is 0.508 e. The molecule has 2 N–H and O–H groups in total. The van der Waals surface area contributed by atoms with Crippen molar-refractivity contribution in [3.63, 3.8) is 0 Å². The third kappa shape index (κ3) is 3.47. The number of phenols is 1. The molecule has 0 unspecified atom stereocenters. The number of allylic oxidation sites excluding steroid dienone is 1. The molecule has 1 aliphatic heterocycles. The number of hydrogen-bond acceptors (Lipinski definition) is 4. The highest BCUT2D eigenvalue weighted by Gasteiger charge is 2.28. The van der Waals surface area contributed by atoms with Gasteiger partial charge in [-0.25, -0.2) is 5.43 Å². The summed E-state index contributed by atoms with van der Waals surface area (Å²) in [6.45, 7) is 6.49. The molecule has 0 bridgehead atoms. The number of phenolic OH excluding ortho intramolecular Hbond substituents is 1. The molecule has 1 heterocycles. The molecule has 0 spiro atoms. The molecule has 5 heteroatoms. The number of amides is 1. The number of nitrogens with zero attached hydrogens (tertiary/aromatic N) is 2. The van der Waals surface area contributed by atoms with Crippen molar-refractivity contribution in [2.45, 2.75) is 26.3 Å². The van der Waals surface area contributed by atoms with Gasteiger partial charge in [0.25, 0.3) is 5.91 Å². The van der Waals surface area contributed by atoms with Crippen molar-refractivity contribution in [3.8, 4) is 5.75 Å². The maximum atomic E-state index is 12.0. The van der Waals surface area contributed by atoms with Crippen molar-refractivity contribution in [3.05, 3.63) is 65.2 Å². The second-order valence-corrected chi connectivity index (χ2v) is 7.06. The van der Waals surface area contributed by atoms with E-state index in [-0.39, 0.29) is 17.2 Å². The number of carbonyl (C=O) groups excluding carboxylic acids is 1. The topological polar surface area (TPSA) is 64.9 Å². The van der Waals surface area contributed by atoms with Crippen LogP contribution in [0.15, 0.2) is 53.6 Å². The van der Waals surface area contributed by atoms with Gasteiger partial charge in [0, 0.05) is 23.9 Å². The second-order valence-electron chi connectivity index (χ2n) is 7.06. The van der Waals surface area contributed by atoms with Crippen LogP contribution in [0.4, 0.5) is 5.69 Å². The number of rotatable bonds is 3. The van der Waals surface area contributed by atoms with Gasteiger partial charge in [-0.2, -0.15) is 5.10 Å². The monoisotopic (exact) mass is 349 g/mol. The van der Waals surface area contributed by atoms with Gasteiger partial charge in [-0.05, 0) is 68.3 Å². The van der Waals surface area contributed by atoms with Crippen LogP contribution in [0, 0.1) is 0 Å². The fraction of sp³-hybridized carbons (Fsp3) is 0.238. The zero-order valence-electron chi connectivity index (χ0n) is 15.4. The third-order valence-corrected chi connectivity index (χ3v) is 4.75. The molecule has 0 aromatic heterocycles. The van der Waals surface area contributed by atoms with Gasteiger partial charge in [-0.1, -0.05) is 12.1 Å². The van der Waals surface area contributed by atoms with Gasteiger partial charge in [-0.15, -0.1) is 0 Å². The summed E-state index contributed by atoms with van der Waals surface area (Å²) in [7, 11) is 2.09. The number of nitrogens with one attached hydrogen (secondary N) is 1. The van der Waals surface area contributed by atoms with E-state index in [1.54, 1.807) is 18.3 Å². The molecule has 134 valence electrons. The number of aromatic hydroxyl groups is 1. The highest BCUT2D eigenvalue weighted by atomic mass is 16.3. The van der Waals surface area contributed by atoms with E-state index in [4.69, 9.17) is 0 Å². The van der Waals surface area contributed by atoms with E-state index < -0.39 is 0 Å². The van der Waals surface area contributed by atoms with Gasteiger partial charge in [0.15, 0.2) is 0 Å². The zero-order valence-corrected chi connectivity index (χ0v) is 15.4. The highest BCUT2D eigenvalue weighted by molar-refractivity contribution is 5.95. The second kappa shape index (κ2) is 6.67. The minimum atomic E-state index is -0.322. The lowest BCUT2D eigenvalue weighted by molar-refractivity contribution is 0.0955. The van der Waals surface area contributed by atoms with Crippen LogP contribution in [-0.4, -0.2) is 29.8 Å². The van der Waals surface area contributed by atoms with Crippen LogP contribution >= 0.6 is 0 Å². The van der Waals surface area contributed by atoms with Crippen LogP contribution < -0.4 is 10.3 Å². The first-order chi connectivity index (χ1) is 12.3. The van der Waals surface area contributed by atoms with Gasteiger partial charge >= 0.3 is 0 Å². The number of anilines is 1. The summed E-state index contributed by atoms with van der Waals surface area (Å²) in [6, 6.07) is 12.2. The molecular formula is C21H23N3O2. The molecule has 1 amide bonds. The third-order valence-electron chi connectivity index (χ3n) is 4.75. The Labute approximate surface area is 153 Å².